The van der Waals surface area contributed by atoms with E-state index in [9.17, 15) is 4.79 Å². The van der Waals surface area contributed by atoms with Crippen LogP contribution in [0.3, 0.4) is 0 Å². The summed E-state index contributed by atoms with van der Waals surface area (Å²) < 4.78 is 0. The highest BCUT2D eigenvalue weighted by Crippen LogP contribution is 2.20. The van der Waals surface area contributed by atoms with Crippen molar-refractivity contribution in [2.45, 2.75) is 46.1 Å². The molecule has 0 saturated heterocycles. The molecule has 1 atom stereocenters. The maximum atomic E-state index is 12.1. The third kappa shape index (κ3) is 4.81. The fraction of sp³-hybridized carbons (Fsp3) is 0.368. The maximum absolute atomic E-state index is 12.1. The number of carbonyl (C=O) groups is 1. The van der Waals surface area contributed by atoms with E-state index in [0.717, 1.165) is 17.8 Å². The molecule has 2 rings (SSSR count). The molecule has 1 aromatic carbocycles. The zero-order chi connectivity index (χ0) is 16.8. The Labute approximate surface area is 138 Å². The van der Waals surface area contributed by atoms with Crippen LogP contribution in [0, 0.1) is 0 Å². The molecular weight excluding hydrogens is 286 g/mol. The number of nitrogens with zero attached hydrogens (tertiary/aromatic N) is 1. The van der Waals surface area contributed by atoms with Crippen molar-refractivity contribution in [2.24, 2.45) is 0 Å². The molecule has 2 aromatic rings. The van der Waals surface area contributed by atoms with E-state index in [4.69, 9.17) is 0 Å². The Morgan fingerprint density at radius 3 is 2.39 bits per heavy atom. The fourth-order valence-electron chi connectivity index (χ4n) is 2.15. The molecule has 0 aliphatic carbocycles. The van der Waals surface area contributed by atoms with Crippen LogP contribution in [0.15, 0.2) is 42.6 Å². The van der Waals surface area contributed by atoms with Crippen LogP contribution in [0.4, 0.5) is 11.4 Å². The predicted molar refractivity (Wildman–Crippen MR) is 95.3 cm³/mol. The molecule has 0 radical (unpaired) electrons. The molecule has 0 bridgehead atoms. The Morgan fingerprint density at radius 2 is 1.78 bits per heavy atom. The third-order valence-corrected chi connectivity index (χ3v) is 3.85. The van der Waals surface area contributed by atoms with Crippen LogP contribution < -0.4 is 10.6 Å². The zero-order valence-corrected chi connectivity index (χ0v) is 14.3. The second-order valence-corrected chi connectivity index (χ2v) is 6.11. The van der Waals surface area contributed by atoms with Gasteiger partial charge < -0.3 is 10.6 Å². The molecule has 1 unspecified atom stereocenters. The van der Waals surface area contributed by atoms with Gasteiger partial charge in [0.05, 0.1) is 0 Å². The molecule has 0 aliphatic heterocycles. The van der Waals surface area contributed by atoms with Crippen LogP contribution in [0.2, 0.25) is 0 Å². The van der Waals surface area contributed by atoms with Gasteiger partial charge in [0.15, 0.2) is 0 Å². The Bertz CT molecular complexity index is 650. The van der Waals surface area contributed by atoms with Gasteiger partial charge in [-0.15, -0.1) is 0 Å². The predicted octanol–water partition coefficient (Wildman–Crippen LogP) is 4.48. The van der Waals surface area contributed by atoms with Crippen LogP contribution in [0.25, 0.3) is 0 Å². The van der Waals surface area contributed by atoms with Crippen molar-refractivity contribution in [1.82, 2.24) is 10.3 Å². The number of carbonyl (C=O) groups excluding carboxylic acids is 1. The summed E-state index contributed by atoms with van der Waals surface area (Å²) in [6, 6.07) is 12.1. The summed E-state index contributed by atoms with van der Waals surface area (Å²) >= 11 is 0. The van der Waals surface area contributed by atoms with Crippen molar-refractivity contribution >= 4 is 17.3 Å². The number of benzene rings is 1. The van der Waals surface area contributed by atoms with Crippen molar-refractivity contribution in [1.29, 1.82) is 0 Å². The van der Waals surface area contributed by atoms with E-state index in [-0.39, 0.29) is 11.9 Å². The van der Waals surface area contributed by atoms with Crippen LogP contribution in [0.1, 0.15) is 56.1 Å². The lowest BCUT2D eigenvalue weighted by atomic mass is 10.0. The number of nitrogens with one attached hydrogen (secondary N) is 2. The highest BCUT2D eigenvalue weighted by atomic mass is 16.1. The molecular formula is C19H25N3O. The lowest BCUT2D eigenvalue weighted by Crippen LogP contribution is -2.32. The summed E-state index contributed by atoms with van der Waals surface area (Å²) in [7, 11) is 0. The maximum Gasteiger partial charge on any atom is 0.270 e. The largest absolute Gasteiger partial charge is 0.355 e. The molecule has 0 spiro atoms. The number of aromatic nitrogens is 1. The molecule has 122 valence electrons. The van der Waals surface area contributed by atoms with E-state index >= 15 is 0 Å². The molecule has 0 fully saturated rings. The van der Waals surface area contributed by atoms with Crippen molar-refractivity contribution in [3.05, 3.63) is 53.9 Å². The monoisotopic (exact) mass is 311 g/mol. The Morgan fingerprint density at radius 1 is 1.09 bits per heavy atom. The van der Waals surface area contributed by atoms with Gasteiger partial charge in [-0.3, -0.25) is 9.78 Å². The third-order valence-electron chi connectivity index (χ3n) is 3.85. The highest BCUT2D eigenvalue weighted by Gasteiger charge is 2.10. The number of hydrogen-bond acceptors (Lipinski definition) is 3. The van der Waals surface area contributed by atoms with Gasteiger partial charge in [0.1, 0.15) is 5.69 Å². The van der Waals surface area contributed by atoms with Crippen LogP contribution >= 0.6 is 0 Å². The number of amides is 1. The number of hydrogen-bond donors (Lipinski definition) is 2. The van der Waals surface area contributed by atoms with Gasteiger partial charge in [0.25, 0.3) is 5.91 Å². The molecule has 0 saturated carbocycles. The molecule has 1 heterocycles. The summed E-state index contributed by atoms with van der Waals surface area (Å²) in [4.78, 5) is 16.3. The lowest BCUT2D eigenvalue weighted by molar-refractivity contribution is 0.0934. The molecule has 1 amide bonds. The van der Waals surface area contributed by atoms with Crippen molar-refractivity contribution < 1.29 is 4.79 Å². The minimum absolute atomic E-state index is 0.141. The minimum Gasteiger partial charge on any atom is -0.355 e. The first-order valence-corrected chi connectivity index (χ1v) is 8.13. The second kappa shape index (κ2) is 7.77. The second-order valence-electron chi connectivity index (χ2n) is 6.11. The summed E-state index contributed by atoms with van der Waals surface area (Å²) in [5.74, 6) is 0.374. The first-order valence-electron chi connectivity index (χ1n) is 8.13. The van der Waals surface area contributed by atoms with E-state index in [1.807, 2.05) is 19.9 Å². The number of rotatable bonds is 6. The quantitative estimate of drug-likeness (QED) is 0.827. The van der Waals surface area contributed by atoms with E-state index in [1.165, 1.54) is 5.56 Å². The van der Waals surface area contributed by atoms with E-state index in [0.29, 0.717) is 11.6 Å². The summed E-state index contributed by atoms with van der Waals surface area (Å²) in [5.41, 5.74) is 3.58. The van der Waals surface area contributed by atoms with Crippen molar-refractivity contribution in [3.63, 3.8) is 0 Å². The summed E-state index contributed by atoms with van der Waals surface area (Å²) in [6.07, 6.45) is 2.54. The van der Waals surface area contributed by atoms with Gasteiger partial charge in [-0.2, -0.15) is 0 Å². The Kier molecular flexibility index (Phi) is 5.74. The molecule has 1 aromatic heterocycles. The Hall–Kier alpha value is -2.36. The van der Waals surface area contributed by atoms with E-state index in [1.54, 1.807) is 12.3 Å². The van der Waals surface area contributed by atoms with Crippen molar-refractivity contribution in [2.75, 3.05) is 5.32 Å². The summed E-state index contributed by atoms with van der Waals surface area (Å²) in [6.45, 7) is 8.37. The minimum atomic E-state index is -0.141. The lowest BCUT2D eigenvalue weighted by Gasteiger charge is -2.12. The van der Waals surface area contributed by atoms with E-state index in [2.05, 4.69) is 53.7 Å². The van der Waals surface area contributed by atoms with Gasteiger partial charge in [-0.05, 0) is 49.1 Å². The zero-order valence-electron chi connectivity index (χ0n) is 14.3. The summed E-state index contributed by atoms with van der Waals surface area (Å²) in [5, 5.41) is 6.24. The van der Waals surface area contributed by atoms with Crippen LogP contribution in [-0.2, 0) is 0 Å². The van der Waals surface area contributed by atoms with Gasteiger partial charge in [-0.1, -0.05) is 32.9 Å². The molecule has 4 heteroatoms. The molecule has 4 nitrogen and oxygen atoms in total. The smallest absolute Gasteiger partial charge is 0.270 e. The fourth-order valence-corrected chi connectivity index (χ4v) is 2.15. The topological polar surface area (TPSA) is 54.0 Å². The van der Waals surface area contributed by atoms with Crippen molar-refractivity contribution in [3.8, 4) is 0 Å². The standard InChI is InChI=1S/C19H25N3O/c1-5-14(4)21-19(23)18-12-17(10-11-20-18)22-16-8-6-15(7-9-16)13(2)3/h6-14H,5H2,1-4H3,(H,20,22)(H,21,23). The average molecular weight is 311 g/mol. The average Bonchev–Trinajstić information content (AvgIpc) is 2.55. The normalized spacial score (nSPS) is 12.0. The number of pyridine rings is 1. The number of anilines is 2. The van der Waals surface area contributed by atoms with Gasteiger partial charge >= 0.3 is 0 Å². The first kappa shape index (κ1) is 17.0. The van der Waals surface area contributed by atoms with Gasteiger partial charge in [0.2, 0.25) is 0 Å². The molecule has 2 N–H and O–H groups in total. The van der Waals surface area contributed by atoms with Gasteiger partial charge in [-0.25, -0.2) is 0 Å². The molecule has 0 aliphatic rings. The molecule has 23 heavy (non-hydrogen) atoms. The van der Waals surface area contributed by atoms with Crippen LogP contribution in [0.5, 0.6) is 0 Å². The van der Waals surface area contributed by atoms with Gasteiger partial charge in [0, 0.05) is 23.6 Å². The Balaban J connectivity index is 2.09. The first-order chi connectivity index (χ1) is 11.0. The van der Waals surface area contributed by atoms with E-state index < -0.39 is 0 Å². The van der Waals surface area contributed by atoms with Crippen LogP contribution in [-0.4, -0.2) is 16.9 Å². The SMILES string of the molecule is CCC(C)NC(=O)c1cc(Nc2ccc(C(C)C)cc2)ccn1. The highest BCUT2D eigenvalue weighted by molar-refractivity contribution is 5.93.